The van der Waals surface area contributed by atoms with Crippen molar-refractivity contribution in [1.29, 1.82) is 0 Å². The Morgan fingerprint density at radius 2 is 1.80 bits per heavy atom. The number of amides is 1. The molecule has 0 radical (unpaired) electrons. The van der Waals surface area contributed by atoms with Crippen LogP contribution in [-0.2, 0) is 11.3 Å². The van der Waals surface area contributed by atoms with Gasteiger partial charge < -0.3 is 10.1 Å². The summed E-state index contributed by atoms with van der Waals surface area (Å²) in [5.41, 5.74) is 5.51. The van der Waals surface area contributed by atoms with Gasteiger partial charge in [0.05, 0.1) is 18.8 Å². The zero-order valence-electron chi connectivity index (χ0n) is 16.5. The quantitative estimate of drug-likeness (QED) is 0.662. The highest BCUT2D eigenvalue weighted by atomic mass is 16.5. The number of hydrogen-bond acceptors (Lipinski definition) is 4. The molecule has 6 nitrogen and oxygen atoms in total. The summed E-state index contributed by atoms with van der Waals surface area (Å²) < 4.78 is 7.39. The van der Waals surface area contributed by atoms with Gasteiger partial charge in [-0.25, -0.2) is 9.48 Å². The SMILES string of the molecule is C#CC1CC(n2cc(CNC(=O)OCC3c4ccccc4-c4ccccc43)nn2)C1. The molecular formula is C24H22N4O2. The van der Waals surface area contributed by atoms with Gasteiger partial charge in [0.15, 0.2) is 0 Å². The van der Waals surface area contributed by atoms with Gasteiger partial charge in [-0.1, -0.05) is 53.7 Å². The Morgan fingerprint density at radius 1 is 1.13 bits per heavy atom. The van der Waals surface area contributed by atoms with E-state index in [0.29, 0.717) is 24.3 Å². The number of alkyl carbamates (subject to hydrolysis) is 1. The van der Waals surface area contributed by atoms with Gasteiger partial charge in [0.25, 0.3) is 0 Å². The Labute approximate surface area is 175 Å². The van der Waals surface area contributed by atoms with Crippen LogP contribution in [0.15, 0.2) is 54.7 Å². The number of hydrogen-bond donors (Lipinski definition) is 1. The van der Waals surface area contributed by atoms with Crippen LogP contribution >= 0.6 is 0 Å². The maximum absolute atomic E-state index is 12.3. The van der Waals surface area contributed by atoms with Crippen molar-refractivity contribution in [2.45, 2.75) is 31.3 Å². The molecule has 2 aliphatic rings. The molecule has 1 saturated carbocycles. The second-order valence-corrected chi connectivity index (χ2v) is 7.86. The third kappa shape index (κ3) is 3.33. The molecule has 1 aromatic heterocycles. The summed E-state index contributed by atoms with van der Waals surface area (Å²) in [4.78, 5) is 12.3. The lowest BCUT2D eigenvalue weighted by Gasteiger charge is -2.31. The molecule has 6 heteroatoms. The van der Waals surface area contributed by atoms with E-state index in [0.717, 1.165) is 12.8 Å². The summed E-state index contributed by atoms with van der Waals surface area (Å²) >= 11 is 0. The summed E-state index contributed by atoms with van der Waals surface area (Å²) in [6.45, 7) is 0.573. The van der Waals surface area contributed by atoms with Gasteiger partial charge >= 0.3 is 6.09 Å². The van der Waals surface area contributed by atoms with Gasteiger partial charge in [-0.2, -0.15) is 0 Å². The largest absolute Gasteiger partial charge is 0.449 e. The van der Waals surface area contributed by atoms with E-state index < -0.39 is 6.09 Å². The van der Waals surface area contributed by atoms with Crippen molar-refractivity contribution in [2.75, 3.05) is 6.61 Å². The number of carbonyl (C=O) groups excluding carboxylic acids is 1. The molecule has 0 saturated heterocycles. The lowest BCUT2D eigenvalue weighted by atomic mass is 9.81. The smallest absolute Gasteiger partial charge is 0.407 e. The lowest BCUT2D eigenvalue weighted by molar-refractivity contribution is 0.142. The van der Waals surface area contributed by atoms with E-state index >= 15 is 0 Å². The van der Waals surface area contributed by atoms with Crippen LogP contribution in [0.3, 0.4) is 0 Å². The van der Waals surface area contributed by atoms with Crippen LogP contribution in [-0.4, -0.2) is 27.7 Å². The summed E-state index contributed by atoms with van der Waals surface area (Å²) in [6, 6.07) is 16.9. The molecule has 150 valence electrons. The highest BCUT2D eigenvalue weighted by molar-refractivity contribution is 5.79. The number of nitrogens with one attached hydrogen (secondary N) is 1. The predicted octanol–water partition coefficient (Wildman–Crippen LogP) is 3.90. The maximum atomic E-state index is 12.3. The topological polar surface area (TPSA) is 69.0 Å². The van der Waals surface area contributed by atoms with Crippen LogP contribution in [0.4, 0.5) is 4.79 Å². The fourth-order valence-corrected chi connectivity index (χ4v) is 4.32. The number of benzene rings is 2. The average molecular weight is 398 g/mol. The van der Waals surface area contributed by atoms with E-state index in [9.17, 15) is 4.79 Å². The fourth-order valence-electron chi connectivity index (χ4n) is 4.32. The Hall–Kier alpha value is -3.59. The molecule has 1 heterocycles. The number of terminal acetylenes is 1. The summed E-state index contributed by atoms with van der Waals surface area (Å²) in [5.74, 6) is 3.15. The summed E-state index contributed by atoms with van der Waals surface area (Å²) in [7, 11) is 0. The van der Waals surface area contributed by atoms with Crippen LogP contribution in [0.25, 0.3) is 11.1 Å². The van der Waals surface area contributed by atoms with E-state index in [4.69, 9.17) is 11.2 Å². The Morgan fingerprint density at radius 3 is 2.47 bits per heavy atom. The molecule has 0 bridgehead atoms. The van der Waals surface area contributed by atoms with Gasteiger partial charge in [0, 0.05) is 11.8 Å². The minimum Gasteiger partial charge on any atom is -0.449 e. The molecule has 0 spiro atoms. The van der Waals surface area contributed by atoms with Gasteiger partial charge in [0.2, 0.25) is 0 Å². The first-order chi connectivity index (χ1) is 14.7. The van der Waals surface area contributed by atoms with Crippen LogP contribution in [0.1, 0.15) is 41.6 Å². The van der Waals surface area contributed by atoms with Gasteiger partial charge in [-0.05, 0) is 35.1 Å². The van der Waals surface area contributed by atoms with Crippen molar-refractivity contribution >= 4 is 6.09 Å². The zero-order valence-corrected chi connectivity index (χ0v) is 16.5. The molecule has 30 heavy (non-hydrogen) atoms. The van der Waals surface area contributed by atoms with Crippen molar-refractivity contribution in [3.8, 4) is 23.5 Å². The van der Waals surface area contributed by atoms with Crippen molar-refractivity contribution in [2.24, 2.45) is 5.92 Å². The maximum Gasteiger partial charge on any atom is 0.407 e. The van der Waals surface area contributed by atoms with E-state index in [2.05, 4.69) is 45.8 Å². The minimum atomic E-state index is -0.456. The molecule has 1 amide bonds. The number of fused-ring (bicyclic) bond motifs is 3. The molecule has 0 atom stereocenters. The summed E-state index contributed by atoms with van der Waals surface area (Å²) in [6.07, 6.45) is 8.70. The molecule has 2 aromatic carbocycles. The Kier molecular flexibility index (Phi) is 4.72. The van der Waals surface area contributed by atoms with Crippen molar-refractivity contribution in [3.63, 3.8) is 0 Å². The second kappa shape index (κ2) is 7.68. The molecule has 5 rings (SSSR count). The van der Waals surface area contributed by atoms with Crippen LogP contribution in [0, 0.1) is 18.3 Å². The molecule has 0 unspecified atom stereocenters. The standard InChI is InChI=1S/C24H22N4O2/c1-2-16-11-18(12-16)28-14-17(26-27-28)13-25-24(29)30-15-23-21-9-5-3-7-19(21)20-8-4-6-10-22(20)23/h1,3-10,14,16,18,23H,11-13,15H2,(H,25,29). The zero-order chi connectivity index (χ0) is 20.5. The first-order valence-electron chi connectivity index (χ1n) is 10.2. The van der Waals surface area contributed by atoms with Crippen LogP contribution < -0.4 is 5.32 Å². The van der Waals surface area contributed by atoms with Gasteiger partial charge in [-0.3, -0.25) is 0 Å². The Balaban J connectivity index is 1.17. The van der Waals surface area contributed by atoms with Crippen molar-refractivity contribution < 1.29 is 9.53 Å². The Bertz CT molecular complexity index is 1080. The van der Waals surface area contributed by atoms with E-state index in [-0.39, 0.29) is 12.5 Å². The van der Waals surface area contributed by atoms with Gasteiger partial charge in [-0.15, -0.1) is 17.4 Å². The first kappa shape index (κ1) is 18.4. The number of rotatable bonds is 5. The molecular weight excluding hydrogens is 376 g/mol. The predicted molar refractivity (Wildman–Crippen MR) is 113 cm³/mol. The fraction of sp³-hybridized carbons (Fsp3) is 0.292. The van der Waals surface area contributed by atoms with Crippen LogP contribution in [0.5, 0.6) is 0 Å². The minimum absolute atomic E-state index is 0.0479. The van der Waals surface area contributed by atoms with E-state index in [1.165, 1.54) is 22.3 Å². The molecule has 2 aliphatic carbocycles. The van der Waals surface area contributed by atoms with Crippen LogP contribution in [0.2, 0.25) is 0 Å². The lowest BCUT2D eigenvalue weighted by Crippen LogP contribution is -2.26. The number of nitrogens with zero attached hydrogens (tertiary/aromatic N) is 3. The highest BCUT2D eigenvalue weighted by Crippen LogP contribution is 2.44. The van der Waals surface area contributed by atoms with Gasteiger partial charge in [0.1, 0.15) is 12.3 Å². The highest BCUT2D eigenvalue weighted by Gasteiger charge is 2.30. The number of aromatic nitrogens is 3. The monoisotopic (exact) mass is 398 g/mol. The molecule has 1 fully saturated rings. The van der Waals surface area contributed by atoms with E-state index in [1.54, 1.807) is 0 Å². The summed E-state index contributed by atoms with van der Waals surface area (Å²) in [5, 5.41) is 11.0. The third-order valence-electron chi connectivity index (χ3n) is 6.04. The molecule has 3 aromatic rings. The van der Waals surface area contributed by atoms with Crippen molar-refractivity contribution in [3.05, 3.63) is 71.5 Å². The first-order valence-corrected chi connectivity index (χ1v) is 10.2. The second-order valence-electron chi connectivity index (χ2n) is 7.86. The number of ether oxygens (including phenoxy) is 1. The third-order valence-corrected chi connectivity index (χ3v) is 6.04. The average Bonchev–Trinajstić information content (AvgIpc) is 3.33. The normalized spacial score (nSPS) is 19.3. The molecule has 1 N–H and O–H groups in total. The molecule has 0 aliphatic heterocycles. The van der Waals surface area contributed by atoms with Crippen molar-refractivity contribution in [1.82, 2.24) is 20.3 Å². The van der Waals surface area contributed by atoms with E-state index in [1.807, 2.05) is 35.1 Å². The number of carbonyl (C=O) groups is 1.